The molecule has 19 heavy (non-hydrogen) atoms. The first-order valence-electron chi connectivity index (χ1n) is 6.96. The van der Waals surface area contributed by atoms with Crippen molar-refractivity contribution in [3.8, 4) is 0 Å². The van der Waals surface area contributed by atoms with Gasteiger partial charge in [-0.25, -0.2) is 4.98 Å². The summed E-state index contributed by atoms with van der Waals surface area (Å²) in [4.78, 5) is 20.8. The molecule has 0 aromatic carbocycles. The van der Waals surface area contributed by atoms with E-state index in [4.69, 9.17) is 0 Å². The lowest BCUT2D eigenvalue weighted by atomic mass is 10.2. The summed E-state index contributed by atoms with van der Waals surface area (Å²) in [5, 5.41) is 3.12. The molecule has 1 aliphatic rings. The van der Waals surface area contributed by atoms with E-state index < -0.39 is 0 Å². The van der Waals surface area contributed by atoms with Gasteiger partial charge in [-0.05, 0) is 25.6 Å². The number of pyridine rings is 1. The number of piperazine rings is 1. The van der Waals surface area contributed by atoms with Crippen molar-refractivity contribution < 1.29 is 4.79 Å². The van der Waals surface area contributed by atoms with E-state index in [2.05, 4.69) is 22.1 Å². The van der Waals surface area contributed by atoms with Crippen molar-refractivity contribution in [3.05, 3.63) is 23.9 Å². The molecule has 104 valence electrons. The van der Waals surface area contributed by atoms with E-state index >= 15 is 0 Å². The van der Waals surface area contributed by atoms with E-state index in [1.807, 2.05) is 24.0 Å². The summed E-state index contributed by atoms with van der Waals surface area (Å²) in [6, 6.07) is 3.71. The molecule has 0 radical (unpaired) electrons. The number of aromatic nitrogens is 1. The Labute approximate surface area is 114 Å². The van der Waals surface area contributed by atoms with Crippen LogP contribution in [0.4, 0.5) is 5.82 Å². The summed E-state index contributed by atoms with van der Waals surface area (Å²) in [5.41, 5.74) is 0.673. The van der Waals surface area contributed by atoms with Gasteiger partial charge in [-0.15, -0.1) is 0 Å². The molecular formula is C14H22N4O. The van der Waals surface area contributed by atoms with Crippen LogP contribution in [0.2, 0.25) is 0 Å². The van der Waals surface area contributed by atoms with Crippen LogP contribution in [0.15, 0.2) is 18.3 Å². The predicted molar refractivity (Wildman–Crippen MR) is 76.4 cm³/mol. The fourth-order valence-electron chi connectivity index (χ4n) is 2.26. The molecule has 2 rings (SSSR count). The van der Waals surface area contributed by atoms with E-state index in [0.29, 0.717) is 5.56 Å². The lowest BCUT2D eigenvalue weighted by Gasteiger charge is -2.34. The van der Waals surface area contributed by atoms with Crippen LogP contribution in [0.25, 0.3) is 0 Å². The average Bonchev–Trinajstić information content (AvgIpc) is 2.48. The maximum atomic E-state index is 12.3. The van der Waals surface area contributed by atoms with Crippen LogP contribution in [0, 0.1) is 0 Å². The Morgan fingerprint density at radius 3 is 2.53 bits per heavy atom. The minimum Gasteiger partial charge on any atom is -0.370 e. The minimum atomic E-state index is 0.0892. The highest BCUT2D eigenvalue weighted by molar-refractivity contribution is 5.94. The lowest BCUT2D eigenvalue weighted by molar-refractivity contribution is 0.0643. The normalized spacial score (nSPS) is 16.4. The maximum Gasteiger partial charge on any atom is 0.255 e. The third kappa shape index (κ3) is 3.44. The van der Waals surface area contributed by atoms with Crippen LogP contribution in [0.3, 0.4) is 0 Å². The van der Waals surface area contributed by atoms with E-state index in [0.717, 1.165) is 45.1 Å². The second-order valence-electron chi connectivity index (χ2n) is 4.69. The second kappa shape index (κ2) is 6.52. The number of hydrogen-bond donors (Lipinski definition) is 1. The van der Waals surface area contributed by atoms with Gasteiger partial charge in [0.2, 0.25) is 0 Å². The van der Waals surface area contributed by atoms with Crippen molar-refractivity contribution in [2.75, 3.05) is 44.6 Å². The zero-order valence-electron chi connectivity index (χ0n) is 11.7. The minimum absolute atomic E-state index is 0.0892. The highest BCUT2D eigenvalue weighted by Crippen LogP contribution is 2.10. The van der Waals surface area contributed by atoms with E-state index in [-0.39, 0.29) is 5.91 Å². The van der Waals surface area contributed by atoms with E-state index in [1.165, 1.54) is 0 Å². The predicted octanol–water partition coefficient (Wildman–Crippen LogP) is 1.29. The van der Waals surface area contributed by atoms with Crippen molar-refractivity contribution in [3.63, 3.8) is 0 Å². The Hall–Kier alpha value is -1.62. The number of anilines is 1. The zero-order chi connectivity index (χ0) is 13.7. The quantitative estimate of drug-likeness (QED) is 0.888. The Bertz CT molecular complexity index is 410. The summed E-state index contributed by atoms with van der Waals surface area (Å²) in [5.74, 6) is 0.904. The summed E-state index contributed by atoms with van der Waals surface area (Å²) in [6.45, 7) is 9.61. The van der Waals surface area contributed by atoms with Crippen LogP contribution in [0.1, 0.15) is 24.2 Å². The van der Waals surface area contributed by atoms with Gasteiger partial charge in [0.05, 0.1) is 5.56 Å². The van der Waals surface area contributed by atoms with Crippen LogP contribution in [0.5, 0.6) is 0 Å². The molecule has 1 fully saturated rings. The molecule has 0 unspecified atom stereocenters. The lowest BCUT2D eigenvalue weighted by Crippen LogP contribution is -2.48. The van der Waals surface area contributed by atoms with Gasteiger partial charge in [-0.3, -0.25) is 4.79 Å². The first-order valence-corrected chi connectivity index (χ1v) is 6.96. The fourth-order valence-corrected chi connectivity index (χ4v) is 2.26. The third-order valence-corrected chi connectivity index (χ3v) is 3.48. The summed E-state index contributed by atoms with van der Waals surface area (Å²) < 4.78 is 0. The summed E-state index contributed by atoms with van der Waals surface area (Å²) in [6.07, 6.45) is 1.66. The zero-order valence-corrected chi connectivity index (χ0v) is 11.7. The summed E-state index contributed by atoms with van der Waals surface area (Å²) >= 11 is 0. The molecule has 1 aliphatic heterocycles. The Balaban J connectivity index is 1.96. The van der Waals surface area contributed by atoms with Gasteiger partial charge in [-0.2, -0.15) is 0 Å². The van der Waals surface area contributed by atoms with Gasteiger partial charge in [0, 0.05) is 38.9 Å². The molecule has 0 bridgehead atoms. The Morgan fingerprint density at radius 1 is 1.26 bits per heavy atom. The highest BCUT2D eigenvalue weighted by Gasteiger charge is 2.21. The number of carbonyl (C=O) groups excluding carboxylic acids is 1. The van der Waals surface area contributed by atoms with Crippen LogP contribution < -0.4 is 5.32 Å². The first kappa shape index (κ1) is 13.8. The molecule has 0 spiro atoms. The standard InChI is InChI=1S/C14H22N4O/c1-3-15-13-6-5-12(11-16-13)14(19)18-9-7-17(4-2)8-10-18/h5-6,11H,3-4,7-10H2,1-2H3,(H,15,16). The molecule has 1 amide bonds. The van der Waals surface area contributed by atoms with Crippen LogP contribution in [-0.2, 0) is 0 Å². The highest BCUT2D eigenvalue weighted by atomic mass is 16.2. The monoisotopic (exact) mass is 262 g/mol. The van der Waals surface area contributed by atoms with Crippen molar-refractivity contribution in [1.29, 1.82) is 0 Å². The molecule has 1 aromatic heterocycles. The molecule has 1 saturated heterocycles. The third-order valence-electron chi connectivity index (χ3n) is 3.48. The largest absolute Gasteiger partial charge is 0.370 e. The van der Waals surface area contributed by atoms with Gasteiger partial charge in [-0.1, -0.05) is 6.92 Å². The molecule has 0 saturated carbocycles. The van der Waals surface area contributed by atoms with Gasteiger partial charge < -0.3 is 15.1 Å². The number of likely N-dealkylation sites (N-methyl/N-ethyl adjacent to an activating group) is 1. The second-order valence-corrected chi connectivity index (χ2v) is 4.69. The number of hydrogen-bond acceptors (Lipinski definition) is 4. The average molecular weight is 262 g/mol. The van der Waals surface area contributed by atoms with E-state index in [1.54, 1.807) is 6.20 Å². The maximum absolute atomic E-state index is 12.3. The molecule has 5 nitrogen and oxygen atoms in total. The topological polar surface area (TPSA) is 48.5 Å². The Kier molecular flexibility index (Phi) is 4.74. The molecule has 0 aliphatic carbocycles. The van der Waals surface area contributed by atoms with Crippen molar-refractivity contribution in [1.82, 2.24) is 14.8 Å². The summed E-state index contributed by atoms with van der Waals surface area (Å²) in [7, 11) is 0. The van der Waals surface area contributed by atoms with Gasteiger partial charge in [0.1, 0.15) is 5.82 Å². The molecule has 5 heteroatoms. The molecule has 2 heterocycles. The van der Waals surface area contributed by atoms with Gasteiger partial charge in [0.25, 0.3) is 5.91 Å². The van der Waals surface area contributed by atoms with Crippen LogP contribution >= 0.6 is 0 Å². The van der Waals surface area contributed by atoms with E-state index in [9.17, 15) is 4.79 Å². The molecular weight excluding hydrogens is 240 g/mol. The van der Waals surface area contributed by atoms with Crippen molar-refractivity contribution in [2.24, 2.45) is 0 Å². The SMILES string of the molecule is CCNc1ccc(C(=O)N2CCN(CC)CC2)cn1. The number of carbonyl (C=O) groups is 1. The van der Waals surface area contributed by atoms with Gasteiger partial charge >= 0.3 is 0 Å². The molecule has 0 atom stereocenters. The van der Waals surface area contributed by atoms with Crippen molar-refractivity contribution in [2.45, 2.75) is 13.8 Å². The molecule has 1 aromatic rings. The smallest absolute Gasteiger partial charge is 0.255 e. The number of rotatable bonds is 4. The van der Waals surface area contributed by atoms with Crippen LogP contribution in [-0.4, -0.2) is 60.0 Å². The fraction of sp³-hybridized carbons (Fsp3) is 0.571. The number of nitrogens with one attached hydrogen (secondary N) is 1. The Morgan fingerprint density at radius 2 is 2.00 bits per heavy atom. The van der Waals surface area contributed by atoms with Gasteiger partial charge in [0.15, 0.2) is 0 Å². The first-order chi connectivity index (χ1) is 9.24. The number of nitrogens with zero attached hydrogens (tertiary/aromatic N) is 3. The number of amides is 1. The molecule has 1 N–H and O–H groups in total. The van der Waals surface area contributed by atoms with Crippen molar-refractivity contribution >= 4 is 11.7 Å².